The molecule has 0 aliphatic heterocycles. The normalized spacial score (nSPS) is 11.3. The second-order valence-electron chi connectivity index (χ2n) is 5.50. The van der Waals surface area contributed by atoms with E-state index in [1.807, 2.05) is 35.1 Å². The zero-order chi connectivity index (χ0) is 13.9. The van der Waals surface area contributed by atoms with E-state index in [-0.39, 0.29) is 0 Å². The molecule has 0 radical (unpaired) electrons. The smallest absolute Gasteiger partial charge is 0.0849 e. The lowest BCUT2D eigenvalue weighted by molar-refractivity contribution is 0.628. The molecule has 3 aromatic rings. The van der Waals surface area contributed by atoms with E-state index < -0.39 is 0 Å². The lowest BCUT2D eigenvalue weighted by atomic mass is 10.1. The molecular formula is C16H18N4. The molecule has 0 aliphatic carbocycles. The van der Waals surface area contributed by atoms with E-state index in [4.69, 9.17) is 0 Å². The van der Waals surface area contributed by atoms with Gasteiger partial charge in [-0.1, -0.05) is 43.3 Å². The minimum Gasteiger partial charge on any atom is -0.251 e. The van der Waals surface area contributed by atoms with E-state index in [0.29, 0.717) is 12.5 Å². The summed E-state index contributed by atoms with van der Waals surface area (Å²) in [6, 6.07) is 12.3. The molecule has 0 spiro atoms. The van der Waals surface area contributed by atoms with E-state index >= 15 is 0 Å². The Hall–Kier alpha value is -2.23. The Bertz CT molecular complexity index is 715. The van der Waals surface area contributed by atoms with Crippen LogP contribution in [0.1, 0.15) is 25.2 Å². The topological polar surface area (TPSA) is 43.6 Å². The summed E-state index contributed by atoms with van der Waals surface area (Å²) >= 11 is 0. The van der Waals surface area contributed by atoms with Crippen molar-refractivity contribution in [2.75, 3.05) is 0 Å². The zero-order valence-corrected chi connectivity index (χ0v) is 11.8. The average Bonchev–Trinajstić information content (AvgIpc) is 2.85. The van der Waals surface area contributed by atoms with Crippen LogP contribution in [0, 0.1) is 5.92 Å². The first-order valence-electron chi connectivity index (χ1n) is 6.94. The molecule has 0 N–H and O–H groups in total. The van der Waals surface area contributed by atoms with Gasteiger partial charge in [-0.2, -0.15) is 0 Å². The number of nitrogens with zero attached hydrogens (tertiary/aromatic N) is 4. The molecule has 4 heteroatoms. The fourth-order valence-corrected chi connectivity index (χ4v) is 2.29. The first kappa shape index (κ1) is 12.8. The Morgan fingerprint density at radius 2 is 1.90 bits per heavy atom. The third kappa shape index (κ3) is 2.85. The number of para-hydroxylation sites is 1. The van der Waals surface area contributed by atoms with E-state index in [0.717, 1.165) is 28.7 Å². The van der Waals surface area contributed by atoms with Crippen LogP contribution in [0.25, 0.3) is 10.9 Å². The number of hydrogen-bond acceptors (Lipinski definition) is 3. The van der Waals surface area contributed by atoms with Gasteiger partial charge in [0.05, 0.1) is 23.4 Å². The van der Waals surface area contributed by atoms with Crippen molar-refractivity contribution in [3.05, 3.63) is 54.0 Å². The Balaban J connectivity index is 1.80. The van der Waals surface area contributed by atoms with E-state index in [1.54, 1.807) is 0 Å². The van der Waals surface area contributed by atoms with E-state index in [2.05, 4.69) is 41.3 Å². The maximum Gasteiger partial charge on any atom is 0.0849 e. The molecule has 0 atom stereocenters. The largest absolute Gasteiger partial charge is 0.251 e. The molecule has 4 nitrogen and oxygen atoms in total. The summed E-state index contributed by atoms with van der Waals surface area (Å²) in [5, 5.41) is 9.53. The van der Waals surface area contributed by atoms with Gasteiger partial charge < -0.3 is 0 Å². The van der Waals surface area contributed by atoms with Crippen LogP contribution in [-0.2, 0) is 13.0 Å². The van der Waals surface area contributed by atoms with Crippen LogP contribution in [0.2, 0.25) is 0 Å². The maximum atomic E-state index is 4.65. The predicted octanol–water partition coefficient (Wildman–Crippen LogP) is 3.07. The molecule has 0 saturated heterocycles. The summed E-state index contributed by atoms with van der Waals surface area (Å²) in [6.07, 6.45) is 2.97. The van der Waals surface area contributed by atoms with Gasteiger partial charge in [0.15, 0.2) is 0 Å². The predicted molar refractivity (Wildman–Crippen MR) is 79.4 cm³/mol. The van der Waals surface area contributed by atoms with Crippen LogP contribution >= 0.6 is 0 Å². The van der Waals surface area contributed by atoms with Crippen LogP contribution in [0.3, 0.4) is 0 Å². The van der Waals surface area contributed by atoms with E-state index in [9.17, 15) is 0 Å². The number of rotatable bonds is 4. The summed E-state index contributed by atoms with van der Waals surface area (Å²) in [5.74, 6) is 0.596. The van der Waals surface area contributed by atoms with Crippen LogP contribution in [0.5, 0.6) is 0 Å². The summed E-state index contributed by atoms with van der Waals surface area (Å²) in [4.78, 5) is 4.65. The number of benzene rings is 1. The summed E-state index contributed by atoms with van der Waals surface area (Å²) < 4.78 is 1.86. The van der Waals surface area contributed by atoms with Crippen molar-refractivity contribution in [2.24, 2.45) is 5.92 Å². The summed E-state index contributed by atoms with van der Waals surface area (Å²) in [7, 11) is 0. The lowest BCUT2D eigenvalue weighted by Crippen LogP contribution is -2.02. The molecule has 3 rings (SSSR count). The van der Waals surface area contributed by atoms with Gasteiger partial charge in [0.2, 0.25) is 0 Å². The zero-order valence-electron chi connectivity index (χ0n) is 11.8. The van der Waals surface area contributed by atoms with Crippen LogP contribution < -0.4 is 0 Å². The molecule has 0 aliphatic rings. The summed E-state index contributed by atoms with van der Waals surface area (Å²) in [5.41, 5.74) is 3.07. The molecule has 0 unspecified atom stereocenters. The van der Waals surface area contributed by atoms with Crippen molar-refractivity contribution in [1.29, 1.82) is 0 Å². The van der Waals surface area contributed by atoms with Crippen LogP contribution in [-0.4, -0.2) is 20.0 Å². The minimum atomic E-state index is 0.596. The number of hydrogen-bond donors (Lipinski definition) is 0. The van der Waals surface area contributed by atoms with Crippen molar-refractivity contribution in [3.8, 4) is 0 Å². The van der Waals surface area contributed by atoms with Gasteiger partial charge in [-0.3, -0.25) is 4.98 Å². The Morgan fingerprint density at radius 1 is 1.05 bits per heavy atom. The van der Waals surface area contributed by atoms with Gasteiger partial charge in [-0.05, 0) is 24.5 Å². The third-order valence-corrected chi connectivity index (χ3v) is 3.18. The van der Waals surface area contributed by atoms with Crippen molar-refractivity contribution >= 4 is 10.9 Å². The second-order valence-corrected chi connectivity index (χ2v) is 5.50. The van der Waals surface area contributed by atoms with Crippen molar-refractivity contribution in [1.82, 2.24) is 20.0 Å². The first-order valence-corrected chi connectivity index (χ1v) is 6.94. The highest BCUT2D eigenvalue weighted by molar-refractivity contribution is 5.78. The Kier molecular flexibility index (Phi) is 3.46. The van der Waals surface area contributed by atoms with Gasteiger partial charge in [0, 0.05) is 11.6 Å². The number of aromatic nitrogens is 4. The third-order valence-electron chi connectivity index (χ3n) is 3.18. The van der Waals surface area contributed by atoms with Gasteiger partial charge in [-0.25, -0.2) is 4.68 Å². The highest BCUT2D eigenvalue weighted by atomic mass is 15.4. The second kappa shape index (κ2) is 5.41. The fourth-order valence-electron chi connectivity index (χ4n) is 2.29. The standard InChI is InChI=1S/C16H18N4/c1-12(2)9-15-11-20(19-18-15)10-14-8-7-13-5-3-4-6-16(13)17-14/h3-8,11-12H,9-10H2,1-2H3. The molecule has 20 heavy (non-hydrogen) atoms. The molecule has 102 valence electrons. The van der Waals surface area contributed by atoms with Crippen molar-refractivity contribution in [3.63, 3.8) is 0 Å². The van der Waals surface area contributed by atoms with Gasteiger partial charge >= 0.3 is 0 Å². The van der Waals surface area contributed by atoms with Gasteiger partial charge in [0.1, 0.15) is 0 Å². The molecule has 0 bridgehead atoms. The molecular weight excluding hydrogens is 248 g/mol. The Labute approximate surface area is 118 Å². The molecule has 2 aromatic heterocycles. The molecule has 1 aromatic carbocycles. The highest BCUT2D eigenvalue weighted by Crippen LogP contribution is 2.12. The molecule has 2 heterocycles. The monoisotopic (exact) mass is 266 g/mol. The fraction of sp³-hybridized carbons (Fsp3) is 0.312. The maximum absolute atomic E-state index is 4.65. The SMILES string of the molecule is CC(C)Cc1cn(Cc2ccc3ccccc3n2)nn1. The lowest BCUT2D eigenvalue weighted by Gasteiger charge is -2.02. The molecule has 0 amide bonds. The number of fused-ring (bicyclic) bond motifs is 1. The highest BCUT2D eigenvalue weighted by Gasteiger charge is 2.05. The van der Waals surface area contributed by atoms with Gasteiger partial charge in [-0.15, -0.1) is 5.10 Å². The number of pyridine rings is 1. The summed E-state index contributed by atoms with van der Waals surface area (Å²) in [6.45, 7) is 5.03. The molecule has 0 saturated carbocycles. The van der Waals surface area contributed by atoms with Crippen LogP contribution in [0.4, 0.5) is 0 Å². The first-order chi connectivity index (χ1) is 9.70. The average molecular weight is 266 g/mol. The van der Waals surface area contributed by atoms with E-state index in [1.165, 1.54) is 0 Å². The Morgan fingerprint density at radius 3 is 2.75 bits per heavy atom. The van der Waals surface area contributed by atoms with Crippen molar-refractivity contribution in [2.45, 2.75) is 26.8 Å². The minimum absolute atomic E-state index is 0.596. The molecule has 0 fully saturated rings. The quantitative estimate of drug-likeness (QED) is 0.729. The van der Waals surface area contributed by atoms with Crippen LogP contribution in [0.15, 0.2) is 42.6 Å². The van der Waals surface area contributed by atoms with Crippen molar-refractivity contribution < 1.29 is 0 Å². The van der Waals surface area contributed by atoms with Gasteiger partial charge in [0.25, 0.3) is 0 Å².